The highest BCUT2D eigenvalue weighted by Crippen LogP contribution is 2.37. The number of hydrogen-bond acceptors (Lipinski definition) is 3. The molecule has 0 aliphatic carbocycles. The summed E-state index contributed by atoms with van der Waals surface area (Å²) in [5.41, 5.74) is 2.38. The van der Waals surface area contributed by atoms with Gasteiger partial charge < -0.3 is 9.84 Å². The molecule has 3 rings (SSSR count). The van der Waals surface area contributed by atoms with Crippen LogP contribution in [0.2, 0.25) is 0 Å². The Labute approximate surface area is 123 Å². The number of ether oxygens (including phenoxy) is 1. The van der Waals surface area contributed by atoms with Crippen LogP contribution in [0.1, 0.15) is 41.3 Å². The van der Waals surface area contributed by atoms with E-state index in [1.807, 2.05) is 24.3 Å². The third-order valence-corrected chi connectivity index (χ3v) is 3.58. The van der Waals surface area contributed by atoms with Crippen molar-refractivity contribution in [3.8, 4) is 11.5 Å². The lowest BCUT2D eigenvalue weighted by molar-refractivity contribution is 0.101. The molecule has 1 aliphatic heterocycles. The molecule has 0 unspecified atom stereocenters. The van der Waals surface area contributed by atoms with Crippen LogP contribution in [0.3, 0.4) is 0 Å². The molecule has 2 aromatic carbocycles. The number of ketones is 1. The van der Waals surface area contributed by atoms with E-state index in [1.165, 1.54) is 11.6 Å². The predicted octanol–water partition coefficient (Wildman–Crippen LogP) is 4.13. The number of carbonyl (C=O) groups excluding carboxylic acids is 1. The van der Waals surface area contributed by atoms with Gasteiger partial charge in [0.05, 0.1) is 0 Å². The van der Waals surface area contributed by atoms with Gasteiger partial charge in [0.2, 0.25) is 5.78 Å². The van der Waals surface area contributed by atoms with E-state index in [4.69, 9.17) is 4.74 Å². The highest BCUT2D eigenvalue weighted by molar-refractivity contribution is 6.16. The number of benzene rings is 2. The highest BCUT2D eigenvalue weighted by Gasteiger charge is 2.30. The molecule has 2 aromatic rings. The van der Waals surface area contributed by atoms with Crippen LogP contribution in [-0.2, 0) is 0 Å². The molecule has 0 atom stereocenters. The summed E-state index contributed by atoms with van der Waals surface area (Å²) >= 11 is 0. The number of phenolic OH excluding ortho intramolecular Hbond substituents is 1. The minimum Gasteiger partial charge on any atom is -0.507 e. The SMILES string of the molecule is CC(C)c1ccc(/C=C2\Oc3cccc(O)c3C2=O)cc1. The second-order valence-corrected chi connectivity index (χ2v) is 5.41. The number of aromatic hydroxyl groups is 1. The van der Waals surface area contributed by atoms with Gasteiger partial charge in [-0.1, -0.05) is 44.2 Å². The van der Waals surface area contributed by atoms with E-state index >= 15 is 0 Å². The van der Waals surface area contributed by atoms with Crippen molar-refractivity contribution < 1.29 is 14.6 Å². The highest BCUT2D eigenvalue weighted by atomic mass is 16.5. The summed E-state index contributed by atoms with van der Waals surface area (Å²) in [6, 6.07) is 12.8. The summed E-state index contributed by atoms with van der Waals surface area (Å²) in [7, 11) is 0. The minimum absolute atomic E-state index is 0.0453. The lowest BCUT2D eigenvalue weighted by Gasteiger charge is -2.05. The second-order valence-electron chi connectivity index (χ2n) is 5.41. The number of Topliss-reactive ketones (excluding diaryl/α,β-unsaturated/α-hetero) is 1. The summed E-state index contributed by atoms with van der Waals surface area (Å²) in [6.07, 6.45) is 1.70. The summed E-state index contributed by atoms with van der Waals surface area (Å²) in [4.78, 5) is 12.2. The van der Waals surface area contributed by atoms with Crippen molar-refractivity contribution in [2.45, 2.75) is 19.8 Å². The number of hydrogen-bond donors (Lipinski definition) is 1. The van der Waals surface area contributed by atoms with Crippen molar-refractivity contribution >= 4 is 11.9 Å². The molecular weight excluding hydrogens is 264 g/mol. The predicted molar refractivity (Wildman–Crippen MR) is 81.6 cm³/mol. The van der Waals surface area contributed by atoms with E-state index < -0.39 is 0 Å². The fourth-order valence-corrected chi connectivity index (χ4v) is 2.34. The Kier molecular flexibility index (Phi) is 3.26. The molecule has 1 N–H and O–H groups in total. The van der Waals surface area contributed by atoms with Crippen LogP contribution < -0.4 is 4.74 Å². The Morgan fingerprint density at radius 3 is 2.43 bits per heavy atom. The van der Waals surface area contributed by atoms with Crippen LogP contribution in [-0.4, -0.2) is 10.9 Å². The molecule has 3 heteroatoms. The summed E-state index contributed by atoms with van der Waals surface area (Å²) < 4.78 is 5.53. The van der Waals surface area contributed by atoms with Crippen molar-refractivity contribution in [1.29, 1.82) is 0 Å². The second kappa shape index (κ2) is 5.09. The van der Waals surface area contributed by atoms with Crippen LogP contribution in [0.15, 0.2) is 48.2 Å². The van der Waals surface area contributed by atoms with Crippen molar-refractivity contribution in [1.82, 2.24) is 0 Å². The summed E-state index contributed by atoms with van der Waals surface area (Å²) in [5, 5.41) is 9.76. The first-order chi connectivity index (χ1) is 10.1. The number of allylic oxidation sites excluding steroid dienone is 1. The lowest BCUT2D eigenvalue weighted by atomic mass is 10.0. The number of fused-ring (bicyclic) bond motifs is 1. The van der Waals surface area contributed by atoms with Crippen molar-refractivity contribution in [2.24, 2.45) is 0 Å². The molecule has 0 aromatic heterocycles. The van der Waals surface area contributed by atoms with Gasteiger partial charge in [-0.3, -0.25) is 4.79 Å². The molecule has 1 heterocycles. The molecule has 0 saturated heterocycles. The van der Waals surface area contributed by atoms with Crippen LogP contribution in [0.25, 0.3) is 6.08 Å². The van der Waals surface area contributed by atoms with Gasteiger partial charge in [0, 0.05) is 0 Å². The average molecular weight is 280 g/mol. The van der Waals surface area contributed by atoms with Gasteiger partial charge in [-0.05, 0) is 35.3 Å². The fraction of sp³-hybridized carbons (Fsp3) is 0.167. The molecule has 0 bridgehead atoms. The summed E-state index contributed by atoms with van der Waals surface area (Å²) in [5.74, 6) is 0.790. The first-order valence-corrected chi connectivity index (χ1v) is 6.92. The largest absolute Gasteiger partial charge is 0.507 e. The van der Waals surface area contributed by atoms with E-state index in [2.05, 4.69) is 13.8 Å². The maximum Gasteiger partial charge on any atom is 0.235 e. The lowest BCUT2D eigenvalue weighted by Crippen LogP contribution is -1.98. The zero-order valence-electron chi connectivity index (χ0n) is 12.0. The Morgan fingerprint density at radius 1 is 1.10 bits per heavy atom. The van der Waals surface area contributed by atoms with E-state index in [0.717, 1.165) is 5.56 Å². The first-order valence-electron chi connectivity index (χ1n) is 6.92. The Morgan fingerprint density at radius 2 is 1.81 bits per heavy atom. The zero-order chi connectivity index (χ0) is 15.0. The van der Waals surface area contributed by atoms with E-state index in [-0.39, 0.29) is 22.9 Å². The molecule has 0 spiro atoms. The average Bonchev–Trinajstić information content (AvgIpc) is 2.77. The summed E-state index contributed by atoms with van der Waals surface area (Å²) in [6.45, 7) is 4.27. The van der Waals surface area contributed by atoms with Crippen LogP contribution in [0.5, 0.6) is 11.5 Å². The van der Waals surface area contributed by atoms with Gasteiger partial charge in [-0.2, -0.15) is 0 Å². The van der Waals surface area contributed by atoms with Crippen LogP contribution in [0, 0.1) is 0 Å². The molecule has 21 heavy (non-hydrogen) atoms. The standard InChI is InChI=1S/C18H16O3/c1-11(2)13-8-6-12(7-9-13)10-16-18(20)17-14(19)4-3-5-15(17)21-16/h3-11,19H,1-2H3/b16-10-. The van der Waals surface area contributed by atoms with Gasteiger partial charge in [-0.25, -0.2) is 0 Å². The number of phenols is 1. The monoisotopic (exact) mass is 280 g/mol. The van der Waals surface area contributed by atoms with E-state index in [0.29, 0.717) is 11.7 Å². The Balaban J connectivity index is 1.92. The third kappa shape index (κ3) is 2.42. The third-order valence-electron chi connectivity index (χ3n) is 3.58. The van der Waals surface area contributed by atoms with Crippen molar-refractivity contribution in [2.75, 3.05) is 0 Å². The van der Waals surface area contributed by atoms with Crippen molar-refractivity contribution in [3.63, 3.8) is 0 Å². The molecular formula is C18H16O3. The smallest absolute Gasteiger partial charge is 0.235 e. The zero-order valence-corrected chi connectivity index (χ0v) is 12.0. The molecule has 3 nitrogen and oxygen atoms in total. The van der Waals surface area contributed by atoms with E-state index in [1.54, 1.807) is 18.2 Å². The van der Waals surface area contributed by atoms with Crippen LogP contribution >= 0.6 is 0 Å². The normalized spacial score (nSPS) is 15.4. The topological polar surface area (TPSA) is 46.5 Å². The Bertz CT molecular complexity index is 725. The van der Waals surface area contributed by atoms with E-state index in [9.17, 15) is 9.90 Å². The fourth-order valence-electron chi connectivity index (χ4n) is 2.34. The molecule has 0 amide bonds. The van der Waals surface area contributed by atoms with Gasteiger partial charge >= 0.3 is 0 Å². The molecule has 0 fully saturated rings. The minimum atomic E-state index is -0.281. The first kappa shape index (κ1) is 13.4. The maximum absolute atomic E-state index is 12.2. The van der Waals surface area contributed by atoms with Gasteiger partial charge in [0.15, 0.2) is 5.76 Å². The number of carbonyl (C=O) groups is 1. The maximum atomic E-state index is 12.2. The molecule has 0 radical (unpaired) electrons. The molecule has 1 aliphatic rings. The van der Waals surface area contributed by atoms with Crippen LogP contribution in [0.4, 0.5) is 0 Å². The van der Waals surface area contributed by atoms with Crippen molar-refractivity contribution in [3.05, 3.63) is 64.9 Å². The molecule has 0 saturated carbocycles. The quantitative estimate of drug-likeness (QED) is 0.841. The van der Waals surface area contributed by atoms with Gasteiger partial charge in [0.1, 0.15) is 17.1 Å². The number of rotatable bonds is 2. The Hall–Kier alpha value is -2.55. The molecule has 106 valence electrons. The van der Waals surface area contributed by atoms with Gasteiger partial charge in [-0.15, -0.1) is 0 Å². The van der Waals surface area contributed by atoms with Gasteiger partial charge in [0.25, 0.3) is 0 Å².